The van der Waals surface area contributed by atoms with Gasteiger partial charge in [-0.05, 0) is 28.8 Å². The molecule has 0 unspecified atom stereocenters. The Kier molecular flexibility index (Phi) is 4.55. The van der Waals surface area contributed by atoms with Crippen LogP contribution in [0.2, 0.25) is 0 Å². The van der Waals surface area contributed by atoms with Crippen LogP contribution >= 0.6 is 0 Å². The average molecular weight is 328 g/mol. The van der Waals surface area contributed by atoms with Crippen LogP contribution in [0.5, 0.6) is 0 Å². The van der Waals surface area contributed by atoms with Crippen LogP contribution in [0.15, 0.2) is 30.3 Å². The Balaban J connectivity index is 1.27. The predicted octanol–water partition coefficient (Wildman–Crippen LogP) is 0.859. The van der Waals surface area contributed by atoms with E-state index >= 15 is 0 Å². The fraction of sp³-hybridized carbons (Fsp3) is 0.588. The lowest BCUT2D eigenvalue weighted by Gasteiger charge is -2.35. The van der Waals surface area contributed by atoms with Gasteiger partial charge in [0.1, 0.15) is 0 Å². The third kappa shape index (κ3) is 3.63. The minimum absolute atomic E-state index is 0.417. The van der Waals surface area contributed by atoms with Crippen molar-refractivity contribution in [1.82, 2.24) is 30.0 Å². The first-order chi connectivity index (χ1) is 11.8. The van der Waals surface area contributed by atoms with Crippen LogP contribution < -0.4 is 0 Å². The molecule has 4 rings (SSSR count). The number of hydrogen-bond donors (Lipinski definition) is 1. The monoisotopic (exact) mass is 328 g/mol. The lowest BCUT2D eigenvalue weighted by atomic mass is 10.1. The zero-order chi connectivity index (χ0) is 16.4. The van der Waals surface area contributed by atoms with Gasteiger partial charge in [0, 0.05) is 32.7 Å². The second kappa shape index (κ2) is 6.96. The van der Waals surface area contributed by atoms with E-state index in [1.807, 2.05) is 35.0 Å². The molecule has 1 saturated heterocycles. The number of β-amino-alcohol motifs (C(OH)–C–C–N with tert-alkyl or cyclic N) is 1. The Bertz CT molecular complexity index is 648. The second-order valence-electron chi connectivity index (χ2n) is 6.77. The molecule has 1 aliphatic carbocycles. The second-order valence-corrected chi connectivity index (χ2v) is 6.77. The Morgan fingerprint density at radius 1 is 1.04 bits per heavy atom. The topological polar surface area (TPSA) is 70.3 Å². The third-order valence-electron chi connectivity index (χ3n) is 4.90. The maximum absolute atomic E-state index is 10.4. The van der Waals surface area contributed by atoms with Gasteiger partial charge in [-0.25, -0.2) is 4.68 Å². The van der Waals surface area contributed by atoms with Gasteiger partial charge in [-0.1, -0.05) is 30.3 Å². The van der Waals surface area contributed by atoms with Gasteiger partial charge in [0.2, 0.25) is 0 Å². The lowest BCUT2D eigenvalue weighted by molar-refractivity contribution is 0.0687. The van der Waals surface area contributed by atoms with Crippen molar-refractivity contribution < 1.29 is 5.11 Å². The number of nitrogens with zero attached hydrogens (tertiary/aromatic N) is 6. The summed E-state index contributed by atoms with van der Waals surface area (Å²) < 4.78 is 1.99. The molecule has 1 aromatic heterocycles. The minimum Gasteiger partial charge on any atom is -0.387 e. The van der Waals surface area contributed by atoms with Crippen molar-refractivity contribution in [3.05, 3.63) is 41.7 Å². The standard InChI is InChI=1S/C17H24N6O/c24-16(14-4-2-1-3-5-14)12-21-8-10-22(11-9-21)13-17-18-19-20-23(17)15-6-7-15/h1-5,15-16,24H,6-13H2/t16-/m0/s1. The molecule has 2 fully saturated rings. The molecule has 2 aromatic rings. The number of rotatable bonds is 6. The van der Waals surface area contributed by atoms with Crippen LogP contribution in [0.1, 0.15) is 36.4 Å². The predicted molar refractivity (Wildman–Crippen MR) is 89.2 cm³/mol. The molecular formula is C17H24N6O. The molecule has 1 aliphatic heterocycles. The summed E-state index contributed by atoms with van der Waals surface area (Å²) in [4.78, 5) is 4.73. The first-order valence-corrected chi connectivity index (χ1v) is 8.74. The van der Waals surface area contributed by atoms with Gasteiger partial charge >= 0.3 is 0 Å². The largest absolute Gasteiger partial charge is 0.387 e. The SMILES string of the molecule is O[C@@H](CN1CCN(Cc2nnnn2C2CC2)CC1)c1ccccc1. The highest BCUT2D eigenvalue weighted by atomic mass is 16.3. The highest BCUT2D eigenvalue weighted by Gasteiger charge is 2.29. The molecule has 7 heteroatoms. The van der Waals surface area contributed by atoms with Crippen LogP contribution in [-0.4, -0.2) is 67.8 Å². The Labute approximate surface area is 141 Å². The fourth-order valence-corrected chi connectivity index (χ4v) is 3.27. The molecule has 1 N–H and O–H groups in total. The molecule has 1 atom stereocenters. The molecule has 2 heterocycles. The van der Waals surface area contributed by atoms with Gasteiger partial charge in [0.05, 0.1) is 18.7 Å². The highest BCUT2D eigenvalue weighted by Crippen LogP contribution is 2.34. The summed E-state index contributed by atoms with van der Waals surface area (Å²) in [6.45, 7) is 5.41. The maximum atomic E-state index is 10.4. The van der Waals surface area contributed by atoms with E-state index in [0.29, 0.717) is 12.6 Å². The molecule has 128 valence electrons. The fourth-order valence-electron chi connectivity index (χ4n) is 3.27. The number of piperazine rings is 1. The van der Waals surface area contributed by atoms with E-state index in [4.69, 9.17) is 0 Å². The normalized spacial score (nSPS) is 21.0. The molecule has 0 spiro atoms. The molecule has 7 nitrogen and oxygen atoms in total. The van der Waals surface area contributed by atoms with Gasteiger partial charge in [-0.3, -0.25) is 9.80 Å². The van der Waals surface area contributed by atoms with Crippen molar-refractivity contribution in [3.63, 3.8) is 0 Å². The maximum Gasteiger partial charge on any atom is 0.165 e. The zero-order valence-electron chi connectivity index (χ0n) is 13.8. The van der Waals surface area contributed by atoms with Crippen LogP contribution in [0.25, 0.3) is 0 Å². The zero-order valence-corrected chi connectivity index (χ0v) is 13.8. The average Bonchev–Trinajstić information content (AvgIpc) is 3.37. The van der Waals surface area contributed by atoms with E-state index in [-0.39, 0.29) is 0 Å². The van der Waals surface area contributed by atoms with Crippen LogP contribution in [0.4, 0.5) is 0 Å². The quantitative estimate of drug-likeness (QED) is 0.848. The van der Waals surface area contributed by atoms with Crippen LogP contribution in [0, 0.1) is 0 Å². The van der Waals surface area contributed by atoms with E-state index in [0.717, 1.165) is 44.1 Å². The van der Waals surface area contributed by atoms with Crippen molar-refractivity contribution in [1.29, 1.82) is 0 Å². The number of aromatic nitrogens is 4. The van der Waals surface area contributed by atoms with Gasteiger partial charge < -0.3 is 5.11 Å². The van der Waals surface area contributed by atoms with Gasteiger partial charge in [0.25, 0.3) is 0 Å². The summed E-state index contributed by atoms with van der Waals surface area (Å²) in [7, 11) is 0. The number of aliphatic hydroxyl groups excluding tert-OH is 1. The Morgan fingerprint density at radius 3 is 2.46 bits per heavy atom. The molecule has 1 saturated carbocycles. The van der Waals surface area contributed by atoms with Crippen molar-refractivity contribution in [2.75, 3.05) is 32.7 Å². The summed E-state index contributed by atoms with van der Waals surface area (Å²) >= 11 is 0. The molecule has 0 amide bonds. The molecule has 24 heavy (non-hydrogen) atoms. The number of aliphatic hydroxyl groups is 1. The lowest BCUT2D eigenvalue weighted by Crippen LogP contribution is -2.47. The summed E-state index contributed by atoms with van der Waals surface area (Å²) in [5, 5.41) is 22.5. The van der Waals surface area contributed by atoms with Crippen molar-refractivity contribution in [2.24, 2.45) is 0 Å². The van der Waals surface area contributed by atoms with E-state index in [9.17, 15) is 5.11 Å². The van der Waals surface area contributed by atoms with Crippen molar-refractivity contribution in [3.8, 4) is 0 Å². The van der Waals surface area contributed by atoms with Crippen molar-refractivity contribution >= 4 is 0 Å². The van der Waals surface area contributed by atoms with Gasteiger partial charge in [0.15, 0.2) is 5.82 Å². The van der Waals surface area contributed by atoms with Gasteiger partial charge in [-0.2, -0.15) is 0 Å². The Morgan fingerprint density at radius 2 is 1.75 bits per heavy atom. The smallest absolute Gasteiger partial charge is 0.165 e. The van der Waals surface area contributed by atoms with E-state index in [1.54, 1.807) is 0 Å². The molecule has 2 aliphatic rings. The van der Waals surface area contributed by atoms with Gasteiger partial charge in [-0.15, -0.1) is 5.10 Å². The van der Waals surface area contributed by atoms with Crippen LogP contribution in [0.3, 0.4) is 0 Å². The third-order valence-corrected chi connectivity index (χ3v) is 4.90. The Hall–Kier alpha value is -1.83. The van der Waals surface area contributed by atoms with E-state index in [2.05, 4.69) is 25.3 Å². The molecule has 0 bridgehead atoms. The summed E-state index contributed by atoms with van der Waals surface area (Å²) in [6.07, 6.45) is 1.98. The molecule has 0 radical (unpaired) electrons. The minimum atomic E-state index is -0.417. The first kappa shape index (κ1) is 15.7. The number of benzene rings is 1. The summed E-state index contributed by atoms with van der Waals surface area (Å²) in [5.74, 6) is 0.982. The molecule has 1 aromatic carbocycles. The molecular weight excluding hydrogens is 304 g/mol. The first-order valence-electron chi connectivity index (χ1n) is 8.74. The van der Waals surface area contributed by atoms with E-state index < -0.39 is 6.10 Å². The summed E-state index contributed by atoms with van der Waals surface area (Å²) in [5.41, 5.74) is 0.989. The number of hydrogen-bond acceptors (Lipinski definition) is 6. The van der Waals surface area contributed by atoms with E-state index in [1.165, 1.54) is 12.8 Å². The summed E-state index contributed by atoms with van der Waals surface area (Å²) in [6, 6.07) is 10.4. The van der Waals surface area contributed by atoms with Crippen LogP contribution in [-0.2, 0) is 6.54 Å². The highest BCUT2D eigenvalue weighted by molar-refractivity contribution is 5.17. The van der Waals surface area contributed by atoms with Crippen molar-refractivity contribution in [2.45, 2.75) is 31.5 Å². The number of tetrazole rings is 1.